The highest BCUT2D eigenvalue weighted by molar-refractivity contribution is 8.01. The van der Waals surface area contributed by atoms with E-state index in [9.17, 15) is 9.59 Å². The molecule has 6 nitrogen and oxygen atoms in total. The van der Waals surface area contributed by atoms with Gasteiger partial charge in [0.1, 0.15) is 0 Å². The van der Waals surface area contributed by atoms with E-state index >= 15 is 0 Å². The van der Waals surface area contributed by atoms with Crippen LogP contribution in [0.1, 0.15) is 41.0 Å². The first-order valence-corrected chi connectivity index (χ1v) is 8.59. The average molecular weight is 330 g/mol. The van der Waals surface area contributed by atoms with Gasteiger partial charge in [0.25, 0.3) is 0 Å². The van der Waals surface area contributed by atoms with Gasteiger partial charge in [-0.1, -0.05) is 36.9 Å². The van der Waals surface area contributed by atoms with Gasteiger partial charge in [-0.05, 0) is 27.2 Å². The van der Waals surface area contributed by atoms with Crippen LogP contribution in [-0.2, 0) is 9.59 Å². The maximum Gasteiger partial charge on any atom is 0.230 e. The number of nitrogens with one attached hydrogen (secondary N) is 2. The molecule has 118 valence electrons. The zero-order valence-electron chi connectivity index (χ0n) is 13.0. The molecule has 2 amide bonds. The van der Waals surface area contributed by atoms with Gasteiger partial charge < -0.3 is 10.6 Å². The van der Waals surface area contributed by atoms with Crippen LogP contribution in [0.4, 0.5) is 5.13 Å². The molecule has 1 atom stereocenters. The molecule has 0 spiro atoms. The summed E-state index contributed by atoms with van der Waals surface area (Å²) in [6.45, 7) is 9.62. The van der Waals surface area contributed by atoms with Crippen molar-refractivity contribution in [3.05, 3.63) is 0 Å². The molecule has 0 fully saturated rings. The number of carbonyl (C=O) groups is 2. The second-order valence-electron chi connectivity index (χ2n) is 5.76. The molecule has 0 radical (unpaired) electrons. The Balaban J connectivity index is 2.45. The lowest BCUT2D eigenvalue weighted by molar-refractivity contribution is -0.120. The van der Waals surface area contributed by atoms with Crippen molar-refractivity contribution in [1.82, 2.24) is 15.5 Å². The summed E-state index contributed by atoms with van der Waals surface area (Å²) in [5.74, 6) is 0.122. The topological polar surface area (TPSA) is 84.0 Å². The Bertz CT molecular complexity index is 497. The summed E-state index contributed by atoms with van der Waals surface area (Å²) < 4.78 is 0.665. The van der Waals surface area contributed by atoms with Crippen molar-refractivity contribution < 1.29 is 9.59 Å². The third-order valence-corrected chi connectivity index (χ3v) is 4.51. The number of nitrogens with zero attached hydrogens (tertiary/aromatic N) is 2. The first-order valence-electron chi connectivity index (χ1n) is 6.79. The molecule has 1 aromatic heterocycles. The van der Waals surface area contributed by atoms with Gasteiger partial charge in [-0.2, -0.15) is 0 Å². The summed E-state index contributed by atoms with van der Waals surface area (Å²) in [7, 11) is 0. The Labute approximate surface area is 133 Å². The smallest absolute Gasteiger partial charge is 0.230 e. The lowest BCUT2D eigenvalue weighted by Crippen LogP contribution is -2.41. The van der Waals surface area contributed by atoms with E-state index in [0.29, 0.717) is 9.47 Å². The molecule has 1 rings (SSSR count). The Morgan fingerprint density at radius 3 is 2.57 bits per heavy atom. The van der Waals surface area contributed by atoms with Crippen molar-refractivity contribution in [2.24, 2.45) is 5.92 Å². The Morgan fingerprint density at radius 2 is 2.00 bits per heavy atom. The molecule has 2 N–H and O–H groups in total. The first-order chi connectivity index (χ1) is 9.71. The molecule has 21 heavy (non-hydrogen) atoms. The van der Waals surface area contributed by atoms with Crippen LogP contribution in [0.2, 0.25) is 0 Å². The summed E-state index contributed by atoms with van der Waals surface area (Å²) in [5.41, 5.74) is -0.242. The monoisotopic (exact) mass is 330 g/mol. The normalized spacial score (nSPS) is 12.8. The van der Waals surface area contributed by atoms with Crippen molar-refractivity contribution in [2.75, 3.05) is 11.1 Å². The quantitative estimate of drug-likeness (QED) is 0.618. The number of thioether (sulfide) groups is 1. The fourth-order valence-electron chi connectivity index (χ4n) is 1.31. The SMILES string of the molecule is CC[C@@H](C)C(=O)Nc1nnc(SCC(=O)NC(C)(C)C)s1. The van der Waals surface area contributed by atoms with E-state index in [2.05, 4.69) is 20.8 Å². The van der Waals surface area contributed by atoms with Crippen LogP contribution in [0.3, 0.4) is 0 Å². The minimum Gasteiger partial charge on any atom is -0.351 e. The van der Waals surface area contributed by atoms with Gasteiger partial charge in [-0.25, -0.2) is 0 Å². The molecular formula is C13H22N4O2S2. The van der Waals surface area contributed by atoms with E-state index in [0.717, 1.165) is 6.42 Å². The van der Waals surface area contributed by atoms with Gasteiger partial charge in [0.05, 0.1) is 5.75 Å². The van der Waals surface area contributed by atoms with Crippen LogP contribution in [0, 0.1) is 5.92 Å². The largest absolute Gasteiger partial charge is 0.351 e. The lowest BCUT2D eigenvalue weighted by atomic mass is 10.1. The lowest BCUT2D eigenvalue weighted by Gasteiger charge is -2.19. The molecule has 0 aliphatic rings. The van der Waals surface area contributed by atoms with E-state index in [1.807, 2.05) is 34.6 Å². The third-order valence-electron chi connectivity index (χ3n) is 2.54. The molecule has 0 saturated carbocycles. The molecular weight excluding hydrogens is 308 g/mol. The number of rotatable bonds is 6. The van der Waals surface area contributed by atoms with Gasteiger partial charge in [0.2, 0.25) is 16.9 Å². The zero-order chi connectivity index (χ0) is 16.0. The van der Waals surface area contributed by atoms with Crippen LogP contribution < -0.4 is 10.6 Å². The fraction of sp³-hybridized carbons (Fsp3) is 0.692. The Morgan fingerprint density at radius 1 is 1.33 bits per heavy atom. The Hall–Kier alpha value is -1.15. The molecule has 1 heterocycles. The maximum absolute atomic E-state index is 11.7. The molecule has 0 saturated heterocycles. The van der Waals surface area contributed by atoms with Gasteiger partial charge in [0.15, 0.2) is 4.34 Å². The van der Waals surface area contributed by atoms with Crippen LogP contribution in [0.15, 0.2) is 4.34 Å². The second-order valence-corrected chi connectivity index (χ2v) is 7.96. The number of carbonyl (C=O) groups excluding carboxylic acids is 2. The molecule has 0 aliphatic heterocycles. The predicted octanol–water partition coefficient (Wildman–Crippen LogP) is 2.53. The molecule has 0 bridgehead atoms. The second kappa shape index (κ2) is 7.74. The van der Waals surface area contributed by atoms with Gasteiger partial charge >= 0.3 is 0 Å². The third kappa shape index (κ3) is 6.90. The summed E-state index contributed by atoms with van der Waals surface area (Å²) in [6.07, 6.45) is 0.777. The highest BCUT2D eigenvalue weighted by Gasteiger charge is 2.16. The van der Waals surface area contributed by atoms with Crippen molar-refractivity contribution in [2.45, 2.75) is 50.9 Å². The summed E-state index contributed by atoms with van der Waals surface area (Å²) in [5, 5.41) is 13.9. The number of hydrogen-bond donors (Lipinski definition) is 2. The van der Waals surface area contributed by atoms with E-state index < -0.39 is 0 Å². The molecule has 1 aromatic rings. The number of hydrogen-bond acceptors (Lipinski definition) is 6. The predicted molar refractivity (Wildman–Crippen MR) is 86.6 cm³/mol. The van der Waals surface area contributed by atoms with E-state index in [4.69, 9.17) is 0 Å². The van der Waals surface area contributed by atoms with Gasteiger partial charge in [-0.15, -0.1) is 10.2 Å². The van der Waals surface area contributed by atoms with Crippen molar-refractivity contribution >= 4 is 40.0 Å². The minimum atomic E-state index is -0.242. The van der Waals surface area contributed by atoms with E-state index in [-0.39, 0.29) is 29.0 Å². The van der Waals surface area contributed by atoms with E-state index in [1.54, 1.807) is 0 Å². The molecule has 0 aromatic carbocycles. The number of anilines is 1. The fourth-order valence-corrected chi connectivity index (χ4v) is 2.87. The van der Waals surface area contributed by atoms with Crippen molar-refractivity contribution in [3.63, 3.8) is 0 Å². The van der Waals surface area contributed by atoms with Crippen LogP contribution in [-0.4, -0.2) is 33.3 Å². The average Bonchev–Trinajstić information content (AvgIpc) is 2.81. The molecule has 0 aliphatic carbocycles. The molecule has 0 unspecified atom stereocenters. The highest BCUT2D eigenvalue weighted by atomic mass is 32.2. The highest BCUT2D eigenvalue weighted by Crippen LogP contribution is 2.25. The van der Waals surface area contributed by atoms with Crippen molar-refractivity contribution in [1.29, 1.82) is 0 Å². The van der Waals surface area contributed by atoms with Crippen LogP contribution in [0.25, 0.3) is 0 Å². The van der Waals surface area contributed by atoms with Gasteiger partial charge in [-0.3, -0.25) is 9.59 Å². The first kappa shape index (κ1) is 17.9. The Kier molecular flexibility index (Phi) is 6.60. The van der Waals surface area contributed by atoms with E-state index in [1.165, 1.54) is 23.1 Å². The van der Waals surface area contributed by atoms with Crippen LogP contribution in [0.5, 0.6) is 0 Å². The van der Waals surface area contributed by atoms with Crippen molar-refractivity contribution in [3.8, 4) is 0 Å². The molecule has 8 heteroatoms. The summed E-state index contributed by atoms with van der Waals surface area (Å²) >= 11 is 2.59. The summed E-state index contributed by atoms with van der Waals surface area (Å²) in [6, 6.07) is 0. The summed E-state index contributed by atoms with van der Waals surface area (Å²) in [4.78, 5) is 23.4. The minimum absolute atomic E-state index is 0.0482. The maximum atomic E-state index is 11.7. The van der Waals surface area contributed by atoms with Gasteiger partial charge in [0, 0.05) is 11.5 Å². The number of amides is 2. The zero-order valence-corrected chi connectivity index (χ0v) is 14.7. The standard InChI is InChI=1S/C13H22N4O2S2/c1-6-8(2)10(19)14-11-16-17-12(21-11)20-7-9(18)15-13(3,4)5/h8H,6-7H2,1-5H3,(H,15,18)(H,14,16,19)/t8-/m1/s1. The van der Waals surface area contributed by atoms with Crippen LogP contribution >= 0.6 is 23.1 Å². The number of aromatic nitrogens is 2.